The Morgan fingerprint density at radius 1 is 1.23 bits per heavy atom. The van der Waals surface area contributed by atoms with E-state index in [0.717, 1.165) is 5.56 Å². The van der Waals surface area contributed by atoms with Gasteiger partial charge >= 0.3 is 0 Å². The molecule has 1 amide bonds. The van der Waals surface area contributed by atoms with E-state index >= 15 is 0 Å². The molecule has 0 saturated carbocycles. The standard InChI is InChI=1S/C16H16ClNO3S/c1-16(2,15(19)18-11-5-8-22-14(11)17)10-3-4-12-13(9-10)21-7-6-20-12/h3-5,8-9H,6-7H2,1-2H3,(H,18,19). The minimum atomic E-state index is -0.721. The highest BCUT2D eigenvalue weighted by molar-refractivity contribution is 7.15. The number of carbonyl (C=O) groups excluding carboxylic acids is 1. The Hall–Kier alpha value is -1.72. The Morgan fingerprint density at radius 2 is 1.95 bits per heavy atom. The van der Waals surface area contributed by atoms with Crippen molar-refractivity contribution in [3.8, 4) is 11.5 Å². The highest BCUT2D eigenvalue weighted by Crippen LogP contribution is 2.36. The summed E-state index contributed by atoms with van der Waals surface area (Å²) in [6.45, 7) is 4.81. The molecule has 6 heteroatoms. The van der Waals surface area contributed by atoms with Crippen LogP contribution in [0.1, 0.15) is 19.4 Å². The van der Waals surface area contributed by atoms with Gasteiger partial charge in [0, 0.05) is 0 Å². The van der Waals surface area contributed by atoms with Crippen molar-refractivity contribution in [2.45, 2.75) is 19.3 Å². The van der Waals surface area contributed by atoms with E-state index in [4.69, 9.17) is 21.1 Å². The molecule has 0 spiro atoms. The fourth-order valence-corrected chi connectivity index (χ4v) is 3.06. The second-order valence-corrected chi connectivity index (χ2v) is 7.06. The van der Waals surface area contributed by atoms with Crippen LogP contribution in [-0.4, -0.2) is 19.1 Å². The van der Waals surface area contributed by atoms with Crippen LogP contribution in [0.2, 0.25) is 4.34 Å². The van der Waals surface area contributed by atoms with Crippen LogP contribution in [0.3, 0.4) is 0 Å². The van der Waals surface area contributed by atoms with Crippen LogP contribution in [0.25, 0.3) is 0 Å². The second kappa shape index (κ2) is 5.82. The van der Waals surface area contributed by atoms with Crippen LogP contribution in [-0.2, 0) is 10.2 Å². The molecular weight excluding hydrogens is 322 g/mol. The minimum absolute atomic E-state index is 0.121. The zero-order chi connectivity index (χ0) is 15.7. The van der Waals surface area contributed by atoms with Crippen molar-refractivity contribution >= 4 is 34.5 Å². The van der Waals surface area contributed by atoms with Crippen LogP contribution < -0.4 is 14.8 Å². The first kappa shape index (κ1) is 15.2. The third-order valence-corrected chi connectivity index (χ3v) is 4.87. The quantitative estimate of drug-likeness (QED) is 0.917. The number of benzene rings is 1. The summed E-state index contributed by atoms with van der Waals surface area (Å²) in [4.78, 5) is 12.6. The zero-order valence-corrected chi connectivity index (χ0v) is 13.9. The van der Waals surface area contributed by atoms with E-state index in [1.54, 1.807) is 6.07 Å². The summed E-state index contributed by atoms with van der Waals surface area (Å²) >= 11 is 7.43. The van der Waals surface area contributed by atoms with Gasteiger partial charge in [0.1, 0.15) is 17.6 Å². The predicted octanol–water partition coefficient (Wildman–Crippen LogP) is 4.09. The smallest absolute Gasteiger partial charge is 0.234 e. The molecule has 0 fully saturated rings. The van der Waals surface area contributed by atoms with Gasteiger partial charge in [-0.2, -0.15) is 0 Å². The van der Waals surface area contributed by atoms with Gasteiger partial charge in [-0.1, -0.05) is 17.7 Å². The van der Waals surface area contributed by atoms with E-state index in [1.807, 2.05) is 37.4 Å². The number of fused-ring (bicyclic) bond motifs is 1. The van der Waals surface area contributed by atoms with Crippen LogP contribution >= 0.6 is 22.9 Å². The summed E-state index contributed by atoms with van der Waals surface area (Å²) in [5.41, 5.74) is 0.782. The lowest BCUT2D eigenvalue weighted by Gasteiger charge is -2.26. The molecule has 1 aliphatic heterocycles. The van der Waals surface area contributed by atoms with Gasteiger partial charge in [0.2, 0.25) is 5.91 Å². The molecule has 0 bridgehead atoms. The number of carbonyl (C=O) groups is 1. The fourth-order valence-electron chi connectivity index (χ4n) is 2.22. The molecule has 0 unspecified atom stereocenters. The summed E-state index contributed by atoms with van der Waals surface area (Å²) in [5.74, 6) is 1.27. The Labute approximate surface area is 138 Å². The second-order valence-electron chi connectivity index (χ2n) is 5.55. The molecule has 0 atom stereocenters. The normalized spacial score (nSPS) is 13.8. The lowest BCUT2D eigenvalue weighted by Crippen LogP contribution is -2.34. The summed E-state index contributed by atoms with van der Waals surface area (Å²) in [5, 5.41) is 4.72. The third-order valence-electron chi connectivity index (χ3n) is 3.70. The van der Waals surface area contributed by atoms with E-state index in [1.165, 1.54) is 11.3 Å². The molecule has 0 aliphatic carbocycles. The molecule has 3 rings (SSSR count). The van der Waals surface area contributed by atoms with Gasteiger partial charge in [-0.25, -0.2) is 0 Å². The number of thiophene rings is 1. The first-order valence-electron chi connectivity index (χ1n) is 6.93. The van der Waals surface area contributed by atoms with E-state index in [0.29, 0.717) is 34.7 Å². The molecule has 0 radical (unpaired) electrons. The SMILES string of the molecule is CC(C)(C(=O)Nc1ccsc1Cl)c1ccc2c(c1)OCCO2. The van der Waals surface area contributed by atoms with Crippen LogP contribution in [0.15, 0.2) is 29.6 Å². The van der Waals surface area contributed by atoms with Crippen LogP contribution in [0.4, 0.5) is 5.69 Å². The summed E-state index contributed by atoms with van der Waals surface area (Å²) in [6, 6.07) is 7.40. The highest BCUT2D eigenvalue weighted by Gasteiger charge is 2.31. The van der Waals surface area contributed by atoms with Gasteiger partial charge in [-0.3, -0.25) is 4.79 Å². The minimum Gasteiger partial charge on any atom is -0.486 e. The van der Waals surface area contributed by atoms with Crippen LogP contribution in [0.5, 0.6) is 11.5 Å². The van der Waals surface area contributed by atoms with Crippen molar-refractivity contribution in [1.29, 1.82) is 0 Å². The number of hydrogen-bond donors (Lipinski definition) is 1. The summed E-state index contributed by atoms with van der Waals surface area (Å²) < 4.78 is 11.7. The fraction of sp³-hybridized carbons (Fsp3) is 0.312. The highest BCUT2D eigenvalue weighted by atomic mass is 35.5. The van der Waals surface area contributed by atoms with Gasteiger partial charge in [0.25, 0.3) is 0 Å². The number of hydrogen-bond acceptors (Lipinski definition) is 4. The van der Waals surface area contributed by atoms with E-state index in [2.05, 4.69) is 5.32 Å². The van der Waals surface area contributed by atoms with Crippen molar-refractivity contribution in [1.82, 2.24) is 0 Å². The molecule has 4 nitrogen and oxygen atoms in total. The Morgan fingerprint density at radius 3 is 2.64 bits per heavy atom. The van der Waals surface area contributed by atoms with Crippen molar-refractivity contribution in [2.24, 2.45) is 0 Å². The number of nitrogens with one attached hydrogen (secondary N) is 1. The van der Waals surface area contributed by atoms with E-state index in [9.17, 15) is 4.79 Å². The van der Waals surface area contributed by atoms with Crippen molar-refractivity contribution in [2.75, 3.05) is 18.5 Å². The number of anilines is 1. The first-order valence-corrected chi connectivity index (χ1v) is 8.19. The van der Waals surface area contributed by atoms with E-state index < -0.39 is 5.41 Å². The first-order chi connectivity index (χ1) is 10.5. The summed E-state index contributed by atoms with van der Waals surface area (Å²) in [6.07, 6.45) is 0. The van der Waals surface area contributed by atoms with Gasteiger partial charge < -0.3 is 14.8 Å². The molecule has 2 aromatic rings. The average Bonchev–Trinajstić information content (AvgIpc) is 2.92. The van der Waals surface area contributed by atoms with Gasteiger partial charge in [-0.15, -0.1) is 11.3 Å². The number of halogens is 1. The van der Waals surface area contributed by atoms with Crippen molar-refractivity contribution in [3.05, 3.63) is 39.5 Å². The predicted molar refractivity (Wildman–Crippen MR) is 88.4 cm³/mol. The van der Waals surface area contributed by atoms with E-state index in [-0.39, 0.29) is 5.91 Å². The third kappa shape index (κ3) is 2.78. The molecule has 22 heavy (non-hydrogen) atoms. The molecule has 1 aromatic carbocycles. The lowest BCUT2D eigenvalue weighted by atomic mass is 9.83. The topological polar surface area (TPSA) is 47.6 Å². The average molecular weight is 338 g/mol. The largest absolute Gasteiger partial charge is 0.486 e. The molecule has 1 aliphatic rings. The maximum absolute atomic E-state index is 12.6. The Bertz CT molecular complexity index is 711. The molecule has 1 N–H and O–H groups in total. The maximum atomic E-state index is 12.6. The van der Waals surface area contributed by atoms with Crippen LogP contribution in [0, 0.1) is 0 Å². The van der Waals surface area contributed by atoms with Gasteiger partial charge in [0.05, 0.1) is 11.1 Å². The molecular formula is C16H16ClNO3S. The molecule has 0 saturated heterocycles. The lowest BCUT2D eigenvalue weighted by molar-refractivity contribution is -0.120. The summed E-state index contributed by atoms with van der Waals surface area (Å²) in [7, 11) is 0. The Kier molecular flexibility index (Phi) is 4.02. The molecule has 116 valence electrons. The number of amides is 1. The number of ether oxygens (including phenoxy) is 2. The van der Waals surface area contributed by atoms with Crippen molar-refractivity contribution < 1.29 is 14.3 Å². The molecule has 1 aromatic heterocycles. The zero-order valence-electron chi connectivity index (χ0n) is 12.3. The number of rotatable bonds is 3. The monoisotopic (exact) mass is 337 g/mol. The van der Waals surface area contributed by atoms with Crippen molar-refractivity contribution in [3.63, 3.8) is 0 Å². The van der Waals surface area contributed by atoms with Gasteiger partial charge in [0.15, 0.2) is 11.5 Å². The van der Waals surface area contributed by atoms with Gasteiger partial charge in [-0.05, 0) is 43.0 Å². The maximum Gasteiger partial charge on any atom is 0.234 e. The molecule has 2 heterocycles. The Balaban J connectivity index is 1.85.